The van der Waals surface area contributed by atoms with Crippen LogP contribution in [0.25, 0.3) is 0 Å². The van der Waals surface area contributed by atoms with Gasteiger partial charge in [0, 0.05) is 21.3 Å². The number of carboxylic acids is 1. The van der Waals surface area contributed by atoms with E-state index in [1.54, 1.807) is 16.7 Å². The highest BCUT2D eigenvalue weighted by atomic mass is 127. The molecule has 0 aliphatic heterocycles. The number of carbonyl (C=O) groups is 1. The Morgan fingerprint density at radius 1 is 1.41 bits per heavy atom. The molecule has 1 aromatic heterocycles. The summed E-state index contributed by atoms with van der Waals surface area (Å²) in [6.07, 6.45) is 1.81. The summed E-state index contributed by atoms with van der Waals surface area (Å²) < 4.78 is 2.61. The lowest BCUT2D eigenvalue weighted by Gasteiger charge is -2.06. The molecule has 3 nitrogen and oxygen atoms in total. The first-order valence-electron chi connectivity index (χ1n) is 4.89. The Morgan fingerprint density at radius 3 is 2.82 bits per heavy atom. The minimum Gasteiger partial charge on any atom is -0.477 e. The summed E-state index contributed by atoms with van der Waals surface area (Å²) in [7, 11) is 0. The second-order valence-corrected chi connectivity index (χ2v) is 5.29. The second kappa shape index (κ2) is 5.10. The SMILES string of the molecule is O=C(O)c1cc(I)cn1Cc1cccc(Cl)c1. The van der Waals surface area contributed by atoms with E-state index < -0.39 is 5.97 Å². The number of halogens is 2. The highest BCUT2D eigenvalue weighted by Crippen LogP contribution is 2.16. The van der Waals surface area contributed by atoms with E-state index >= 15 is 0 Å². The molecule has 1 N–H and O–H groups in total. The lowest BCUT2D eigenvalue weighted by molar-refractivity contribution is 0.0685. The normalized spacial score (nSPS) is 10.5. The van der Waals surface area contributed by atoms with Crippen LogP contribution in [0, 0.1) is 3.57 Å². The summed E-state index contributed by atoms with van der Waals surface area (Å²) in [5.41, 5.74) is 1.27. The molecule has 17 heavy (non-hydrogen) atoms. The highest BCUT2D eigenvalue weighted by molar-refractivity contribution is 14.1. The predicted octanol–water partition coefficient (Wildman–Crippen LogP) is 3.49. The molecule has 0 atom stereocenters. The highest BCUT2D eigenvalue weighted by Gasteiger charge is 2.11. The number of aromatic nitrogens is 1. The molecular formula is C12H9ClINO2. The third-order valence-electron chi connectivity index (χ3n) is 2.32. The van der Waals surface area contributed by atoms with E-state index in [4.69, 9.17) is 16.7 Å². The van der Waals surface area contributed by atoms with E-state index in [1.165, 1.54) is 0 Å². The molecule has 1 aromatic carbocycles. The zero-order chi connectivity index (χ0) is 12.4. The number of carboxylic acid groups (broad SMARTS) is 1. The van der Waals surface area contributed by atoms with Gasteiger partial charge in [-0.05, 0) is 46.4 Å². The van der Waals surface area contributed by atoms with E-state index in [1.807, 2.05) is 24.4 Å². The van der Waals surface area contributed by atoms with Gasteiger partial charge in [-0.15, -0.1) is 0 Å². The molecule has 0 unspecified atom stereocenters. The van der Waals surface area contributed by atoms with Gasteiger partial charge in [0.05, 0.1) is 0 Å². The first-order chi connectivity index (χ1) is 8.06. The smallest absolute Gasteiger partial charge is 0.352 e. The summed E-state index contributed by atoms with van der Waals surface area (Å²) in [5, 5.41) is 9.72. The summed E-state index contributed by atoms with van der Waals surface area (Å²) in [6, 6.07) is 9.05. The summed E-state index contributed by atoms with van der Waals surface area (Å²) in [6.45, 7) is 0.505. The van der Waals surface area contributed by atoms with Gasteiger partial charge < -0.3 is 9.67 Å². The minimum absolute atomic E-state index is 0.286. The lowest BCUT2D eigenvalue weighted by atomic mass is 10.2. The number of hydrogen-bond acceptors (Lipinski definition) is 1. The number of benzene rings is 1. The number of nitrogens with zero attached hydrogens (tertiary/aromatic N) is 1. The van der Waals surface area contributed by atoms with Crippen molar-refractivity contribution in [2.45, 2.75) is 6.54 Å². The molecule has 0 radical (unpaired) electrons. The second-order valence-electron chi connectivity index (χ2n) is 3.61. The monoisotopic (exact) mass is 361 g/mol. The molecular weight excluding hydrogens is 352 g/mol. The molecule has 2 rings (SSSR count). The van der Waals surface area contributed by atoms with E-state index in [-0.39, 0.29) is 5.69 Å². The third kappa shape index (κ3) is 3.01. The first kappa shape index (κ1) is 12.4. The molecule has 0 amide bonds. The quantitative estimate of drug-likeness (QED) is 0.850. The fraction of sp³-hybridized carbons (Fsp3) is 0.0833. The number of hydrogen-bond donors (Lipinski definition) is 1. The maximum absolute atomic E-state index is 11.0. The molecule has 0 aliphatic rings. The van der Waals surface area contributed by atoms with Gasteiger partial charge in [0.1, 0.15) is 5.69 Å². The Labute approximate surface area is 117 Å². The average Bonchev–Trinajstić information content (AvgIpc) is 2.59. The van der Waals surface area contributed by atoms with Gasteiger partial charge in [0.25, 0.3) is 0 Å². The largest absolute Gasteiger partial charge is 0.477 e. The minimum atomic E-state index is -0.921. The van der Waals surface area contributed by atoms with Crippen LogP contribution in [0.2, 0.25) is 5.02 Å². The van der Waals surface area contributed by atoms with Crippen LogP contribution in [0.15, 0.2) is 36.5 Å². The topological polar surface area (TPSA) is 42.2 Å². The van der Waals surface area contributed by atoms with Crippen molar-refractivity contribution in [1.29, 1.82) is 0 Å². The van der Waals surface area contributed by atoms with E-state index in [0.29, 0.717) is 11.6 Å². The molecule has 0 spiro atoms. The Bertz CT molecular complexity index is 565. The first-order valence-corrected chi connectivity index (χ1v) is 6.35. The van der Waals surface area contributed by atoms with Crippen molar-refractivity contribution >= 4 is 40.2 Å². The molecule has 0 aliphatic carbocycles. The summed E-state index contributed by atoms with van der Waals surface area (Å²) in [5.74, 6) is -0.921. The Morgan fingerprint density at radius 2 is 2.18 bits per heavy atom. The number of aromatic carboxylic acids is 1. The maximum atomic E-state index is 11.0. The number of rotatable bonds is 3. The Hall–Kier alpha value is -1.01. The van der Waals surface area contributed by atoms with E-state index in [2.05, 4.69) is 22.6 Å². The molecule has 5 heteroatoms. The van der Waals surface area contributed by atoms with Crippen LogP contribution in [0.1, 0.15) is 16.1 Å². The van der Waals surface area contributed by atoms with Crippen LogP contribution in [0.3, 0.4) is 0 Å². The molecule has 0 bridgehead atoms. The average molecular weight is 362 g/mol. The zero-order valence-corrected chi connectivity index (χ0v) is 11.6. The van der Waals surface area contributed by atoms with Gasteiger partial charge in [-0.1, -0.05) is 23.7 Å². The van der Waals surface area contributed by atoms with Crippen molar-refractivity contribution in [3.63, 3.8) is 0 Å². The molecule has 0 fully saturated rings. The van der Waals surface area contributed by atoms with Crippen LogP contribution >= 0.6 is 34.2 Å². The van der Waals surface area contributed by atoms with Crippen LogP contribution in [0.4, 0.5) is 0 Å². The van der Waals surface area contributed by atoms with Gasteiger partial charge >= 0.3 is 5.97 Å². The molecule has 1 heterocycles. The van der Waals surface area contributed by atoms with Crippen molar-refractivity contribution in [2.75, 3.05) is 0 Å². The van der Waals surface area contributed by atoms with Gasteiger partial charge in [-0.25, -0.2) is 4.79 Å². The van der Waals surface area contributed by atoms with Crippen LogP contribution in [-0.4, -0.2) is 15.6 Å². The van der Waals surface area contributed by atoms with Crippen LogP contribution in [-0.2, 0) is 6.54 Å². The fourth-order valence-corrected chi connectivity index (χ4v) is 2.46. The van der Waals surface area contributed by atoms with E-state index in [0.717, 1.165) is 9.13 Å². The maximum Gasteiger partial charge on any atom is 0.352 e. The fourth-order valence-electron chi connectivity index (χ4n) is 1.62. The Kier molecular flexibility index (Phi) is 3.73. The van der Waals surface area contributed by atoms with Crippen molar-refractivity contribution in [3.8, 4) is 0 Å². The van der Waals surface area contributed by atoms with Gasteiger partial charge in [-0.2, -0.15) is 0 Å². The third-order valence-corrected chi connectivity index (χ3v) is 3.15. The molecule has 0 saturated heterocycles. The predicted molar refractivity (Wildman–Crippen MR) is 74.7 cm³/mol. The lowest BCUT2D eigenvalue weighted by Crippen LogP contribution is -2.08. The van der Waals surface area contributed by atoms with Crippen LogP contribution < -0.4 is 0 Å². The van der Waals surface area contributed by atoms with Gasteiger partial charge in [0.2, 0.25) is 0 Å². The van der Waals surface area contributed by atoms with Gasteiger partial charge in [0.15, 0.2) is 0 Å². The van der Waals surface area contributed by atoms with Crippen molar-refractivity contribution in [2.24, 2.45) is 0 Å². The molecule has 0 saturated carbocycles. The van der Waals surface area contributed by atoms with Gasteiger partial charge in [-0.3, -0.25) is 0 Å². The van der Waals surface area contributed by atoms with Crippen LogP contribution in [0.5, 0.6) is 0 Å². The molecule has 88 valence electrons. The zero-order valence-electron chi connectivity index (χ0n) is 8.73. The molecule has 2 aromatic rings. The summed E-state index contributed by atoms with van der Waals surface area (Å²) >= 11 is 7.99. The Balaban J connectivity index is 2.32. The van der Waals surface area contributed by atoms with Crippen molar-refractivity contribution < 1.29 is 9.90 Å². The summed E-state index contributed by atoms with van der Waals surface area (Å²) in [4.78, 5) is 11.0. The van der Waals surface area contributed by atoms with Crippen molar-refractivity contribution in [1.82, 2.24) is 4.57 Å². The van der Waals surface area contributed by atoms with Crippen molar-refractivity contribution in [3.05, 3.63) is 56.4 Å². The standard InChI is InChI=1S/C12H9ClINO2/c13-9-3-1-2-8(4-9)6-15-7-10(14)5-11(15)12(16)17/h1-5,7H,6H2,(H,16,17). The van der Waals surface area contributed by atoms with E-state index in [9.17, 15) is 4.79 Å².